The molecule has 0 saturated heterocycles. The molecule has 0 aliphatic carbocycles. The van der Waals surface area contributed by atoms with Crippen molar-refractivity contribution in [3.05, 3.63) is 0 Å². The van der Waals surface area contributed by atoms with Gasteiger partial charge in [0.1, 0.15) is 0 Å². The van der Waals surface area contributed by atoms with Crippen molar-refractivity contribution in [1.82, 2.24) is 12.3 Å². The summed E-state index contributed by atoms with van der Waals surface area (Å²) in [6, 6.07) is 0. The Kier molecular flexibility index (Phi) is 35.9. The standard InChI is InChI=1S/2C2H4OS.2H3N/c2*1-2(3)4;;/h2*1H3,(H,3,4);2*1H3. The zero-order chi connectivity index (χ0) is 7.15. The second-order valence-electron chi connectivity index (χ2n) is 0.983. The van der Waals surface area contributed by atoms with Crippen molar-refractivity contribution in [2.75, 3.05) is 0 Å². The minimum atomic E-state index is -0.250. The van der Waals surface area contributed by atoms with Gasteiger partial charge < -0.3 is 47.1 Å². The van der Waals surface area contributed by atoms with E-state index in [0.717, 1.165) is 0 Å². The van der Waals surface area contributed by atoms with Gasteiger partial charge in [0, 0.05) is 10.2 Å². The van der Waals surface area contributed by atoms with E-state index in [1.807, 2.05) is 0 Å². The first kappa shape index (κ1) is 22.6. The van der Waals surface area contributed by atoms with Gasteiger partial charge in [-0.25, -0.2) is 0 Å². The van der Waals surface area contributed by atoms with E-state index in [2.05, 4.69) is 25.3 Å². The highest BCUT2D eigenvalue weighted by molar-refractivity contribution is 7.77. The summed E-state index contributed by atoms with van der Waals surface area (Å²) < 4.78 is 0. The summed E-state index contributed by atoms with van der Waals surface area (Å²) in [5.41, 5.74) is 0. The third-order valence-electron chi connectivity index (χ3n) is 0. The molecule has 0 fully saturated rings. The molecule has 8 N–H and O–H groups in total. The zero-order valence-corrected chi connectivity index (χ0v) is 8.27. The molecule has 0 spiro atoms. The Hall–Kier alpha value is -0.300. The second-order valence-corrected chi connectivity index (χ2v) is 2.13. The molecule has 4 nitrogen and oxygen atoms in total. The Morgan fingerprint density at radius 3 is 0.900 bits per heavy atom. The fourth-order valence-electron chi connectivity index (χ4n) is 0. The lowest BCUT2D eigenvalue weighted by Crippen LogP contribution is -1.72. The number of quaternary nitrogens is 2. The van der Waals surface area contributed by atoms with E-state index in [-0.39, 0.29) is 22.5 Å². The van der Waals surface area contributed by atoms with Gasteiger partial charge in [-0.1, -0.05) is 0 Å². The van der Waals surface area contributed by atoms with E-state index >= 15 is 0 Å². The van der Waals surface area contributed by atoms with Crippen LogP contribution in [0.3, 0.4) is 0 Å². The SMILES string of the molecule is CC(=O)[S-].CC(=O)[S-].[NH4+].[NH4+]. The molecule has 0 heterocycles. The van der Waals surface area contributed by atoms with Crippen molar-refractivity contribution in [2.45, 2.75) is 13.8 Å². The third kappa shape index (κ3) is 3840. The van der Waals surface area contributed by atoms with Crippen LogP contribution >= 0.6 is 0 Å². The summed E-state index contributed by atoms with van der Waals surface area (Å²) in [7, 11) is 0. The van der Waals surface area contributed by atoms with E-state index in [1.165, 1.54) is 13.8 Å². The molecule has 0 aliphatic heterocycles. The fourth-order valence-corrected chi connectivity index (χ4v) is 0. The normalized spacial score (nSPS) is 5.00. The molecule has 0 radical (unpaired) electrons. The van der Waals surface area contributed by atoms with E-state index in [9.17, 15) is 9.59 Å². The summed E-state index contributed by atoms with van der Waals surface area (Å²) in [5.74, 6) is 0. The Labute approximate surface area is 71.7 Å². The minimum Gasteiger partial charge on any atom is -0.742 e. The van der Waals surface area contributed by atoms with Gasteiger partial charge in [-0.2, -0.15) is 0 Å². The van der Waals surface area contributed by atoms with Gasteiger partial charge in [-0.3, -0.25) is 0 Å². The van der Waals surface area contributed by atoms with Crippen molar-refractivity contribution in [3.63, 3.8) is 0 Å². The van der Waals surface area contributed by atoms with Gasteiger partial charge in [0.05, 0.1) is 0 Å². The maximum absolute atomic E-state index is 9.26. The fraction of sp³-hybridized carbons (Fsp3) is 0.500. The zero-order valence-electron chi connectivity index (χ0n) is 6.63. The molecule has 0 aromatic rings. The van der Waals surface area contributed by atoms with Crippen LogP contribution in [0.4, 0.5) is 0 Å². The molecular weight excluding hydrogens is 172 g/mol. The topological polar surface area (TPSA) is 107 Å². The van der Waals surface area contributed by atoms with Crippen molar-refractivity contribution in [3.8, 4) is 0 Å². The minimum absolute atomic E-state index is 0. The van der Waals surface area contributed by atoms with Crippen LogP contribution in [0.2, 0.25) is 0 Å². The van der Waals surface area contributed by atoms with Crippen LogP contribution in [0, 0.1) is 0 Å². The van der Waals surface area contributed by atoms with Crippen LogP contribution in [0.1, 0.15) is 13.8 Å². The average molecular weight is 186 g/mol. The van der Waals surface area contributed by atoms with Gasteiger partial charge in [0.25, 0.3) is 0 Å². The third-order valence-corrected chi connectivity index (χ3v) is 0. The lowest BCUT2D eigenvalue weighted by Gasteiger charge is -1.82. The highest BCUT2D eigenvalue weighted by atomic mass is 32.1. The van der Waals surface area contributed by atoms with Crippen LogP contribution < -0.4 is 12.3 Å². The predicted molar refractivity (Wildman–Crippen MR) is 48.1 cm³/mol. The smallest absolute Gasteiger partial charge is 0.00878 e. The molecule has 0 aromatic heterocycles. The molecule has 0 amide bonds. The Morgan fingerprint density at radius 1 is 0.900 bits per heavy atom. The van der Waals surface area contributed by atoms with E-state index < -0.39 is 0 Å². The second kappa shape index (κ2) is 15.9. The van der Waals surface area contributed by atoms with Crippen LogP contribution in [0.15, 0.2) is 0 Å². The maximum Gasteiger partial charge on any atom is 0.00878 e. The molecular formula is C4H14N2O2S2. The van der Waals surface area contributed by atoms with E-state index in [0.29, 0.717) is 0 Å². The maximum atomic E-state index is 9.26. The largest absolute Gasteiger partial charge is 0.742 e. The number of hydrogen-bond acceptors (Lipinski definition) is 4. The van der Waals surface area contributed by atoms with Gasteiger partial charge in [-0.15, -0.1) is 0 Å². The van der Waals surface area contributed by atoms with Gasteiger partial charge in [0.2, 0.25) is 0 Å². The van der Waals surface area contributed by atoms with E-state index in [1.54, 1.807) is 0 Å². The molecule has 0 rings (SSSR count). The number of carbonyl (C=O) groups is 2. The lowest BCUT2D eigenvalue weighted by molar-refractivity contribution is -0.109. The molecule has 6 heteroatoms. The molecule has 0 unspecified atom stereocenters. The average Bonchev–Trinajstić information content (AvgIpc) is 1.25. The molecule has 0 saturated carbocycles. The first-order chi connectivity index (χ1) is 3.46. The summed E-state index contributed by atoms with van der Waals surface area (Å²) in [6.45, 7) is 2.69. The number of rotatable bonds is 0. The highest BCUT2D eigenvalue weighted by Gasteiger charge is 1.44. The highest BCUT2D eigenvalue weighted by Crippen LogP contribution is 1.47. The molecule has 0 aliphatic rings. The summed E-state index contributed by atoms with van der Waals surface area (Å²) in [5, 5.41) is -0.500. The summed E-state index contributed by atoms with van der Waals surface area (Å²) >= 11 is 7.96. The molecule has 0 bridgehead atoms. The first-order valence-electron chi connectivity index (χ1n) is 1.82. The first-order valence-corrected chi connectivity index (χ1v) is 2.63. The summed E-state index contributed by atoms with van der Waals surface area (Å²) in [6.07, 6.45) is 0. The summed E-state index contributed by atoms with van der Waals surface area (Å²) in [4.78, 5) is 18.5. The van der Waals surface area contributed by atoms with Crippen LogP contribution in [-0.2, 0) is 34.8 Å². The number of carbonyl (C=O) groups excluding carboxylic acids is 2. The molecule has 64 valence electrons. The van der Waals surface area contributed by atoms with Crippen molar-refractivity contribution in [2.24, 2.45) is 0 Å². The monoisotopic (exact) mass is 186 g/mol. The Morgan fingerprint density at radius 2 is 0.900 bits per heavy atom. The number of hydrogen-bond donors (Lipinski definition) is 2. The predicted octanol–water partition coefficient (Wildman–Crippen LogP) is 0.912. The lowest BCUT2D eigenvalue weighted by atomic mass is 10.9. The van der Waals surface area contributed by atoms with Crippen molar-refractivity contribution in [1.29, 1.82) is 0 Å². The van der Waals surface area contributed by atoms with Crippen LogP contribution in [0.25, 0.3) is 0 Å². The van der Waals surface area contributed by atoms with Gasteiger partial charge in [-0.05, 0) is 13.8 Å². The van der Waals surface area contributed by atoms with E-state index in [4.69, 9.17) is 0 Å². The Balaban J connectivity index is -0.0000000300. The van der Waals surface area contributed by atoms with Gasteiger partial charge in [0.15, 0.2) is 0 Å². The molecule has 0 atom stereocenters. The quantitative estimate of drug-likeness (QED) is 0.548. The van der Waals surface area contributed by atoms with Crippen LogP contribution in [-0.4, -0.2) is 10.2 Å². The molecule has 10 heavy (non-hydrogen) atoms. The Bertz CT molecular complexity index is 77.3. The van der Waals surface area contributed by atoms with Crippen molar-refractivity contribution >= 4 is 35.5 Å². The van der Waals surface area contributed by atoms with Crippen molar-refractivity contribution < 1.29 is 9.59 Å². The van der Waals surface area contributed by atoms with Gasteiger partial charge >= 0.3 is 0 Å². The van der Waals surface area contributed by atoms with Crippen LogP contribution in [0.5, 0.6) is 0 Å². The molecule has 0 aromatic carbocycles.